The maximum atomic E-state index is 12.2. The molecule has 1 unspecified atom stereocenters. The van der Waals surface area contributed by atoms with Crippen LogP contribution < -0.4 is 4.74 Å². The van der Waals surface area contributed by atoms with Gasteiger partial charge < -0.3 is 14.4 Å². The fourth-order valence-corrected chi connectivity index (χ4v) is 3.41. The Morgan fingerprint density at radius 3 is 2.29 bits per heavy atom. The van der Waals surface area contributed by atoms with E-state index in [1.807, 2.05) is 39.0 Å². The number of rotatable bonds is 5. The van der Waals surface area contributed by atoms with Gasteiger partial charge in [-0.2, -0.15) is 0 Å². The summed E-state index contributed by atoms with van der Waals surface area (Å²) in [5.41, 5.74) is 2.26. The zero-order valence-corrected chi connectivity index (χ0v) is 16.6. The lowest BCUT2D eigenvalue weighted by Crippen LogP contribution is -2.31. The number of aromatic nitrogens is 3. The first kappa shape index (κ1) is 19.5. The van der Waals surface area contributed by atoms with Gasteiger partial charge in [0, 0.05) is 40.6 Å². The molecule has 0 amide bonds. The van der Waals surface area contributed by atoms with Gasteiger partial charge in [0.25, 0.3) is 0 Å². The summed E-state index contributed by atoms with van der Waals surface area (Å²) < 4.78 is 6.67. The van der Waals surface area contributed by atoms with Gasteiger partial charge in [0.2, 0.25) is 0 Å². The van der Waals surface area contributed by atoms with E-state index in [9.17, 15) is 14.7 Å². The van der Waals surface area contributed by atoms with Crippen LogP contribution in [0.3, 0.4) is 0 Å². The van der Waals surface area contributed by atoms with Crippen LogP contribution in [0.2, 0.25) is 0 Å². The van der Waals surface area contributed by atoms with Crippen molar-refractivity contribution in [1.29, 1.82) is 0 Å². The summed E-state index contributed by atoms with van der Waals surface area (Å²) in [6.45, 7) is 7.09. The Bertz CT molecular complexity index is 1050. The Morgan fingerprint density at radius 1 is 1.14 bits per heavy atom. The number of carbonyl (C=O) groups excluding carboxylic acids is 1. The second-order valence-electron chi connectivity index (χ2n) is 7.80. The lowest BCUT2D eigenvalue weighted by Gasteiger charge is -2.29. The number of benzene rings is 1. The first-order chi connectivity index (χ1) is 13.1. The topological polar surface area (TPSA) is 94.3 Å². The second kappa shape index (κ2) is 7.07. The number of carbonyl (C=O) groups is 2. The van der Waals surface area contributed by atoms with Gasteiger partial charge in [-0.3, -0.25) is 4.79 Å². The van der Waals surface area contributed by atoms with Gasteiger partial charge in [-0.25, -0.2) is 14.8 Å². The van der Waals surface area contributed by atoms with E-state index in [-0.39, 0.29) is 11.8 Å². The van der Waals surface area contributed by atoms with E-state index >= 15 is 0 Å². The van der Waals surface area contributed by atoms with Crippen molar-refractivity contribution in [1.82, 2.24) is 14.5 Å². The minimum absolute atomic E-state index is 0.120. The van der Waals surface area contributed by atoms with Crippen LogP contribution in [0.1, 0.15) is 44.1 Å². The number of ether oxygens (including phenoxy) is 1. The van der Waals surface area contributed by atoms with Gasteiger partial charge >= 0.3 is 12.0 Å². The summed E-state index contributed by atoms with van der Waals surface area (Å²) >= 11 is 0. The molecule has 146 valence electrons. The van der Waals surface area contributed by atoms with Crippen LogP contribution in [0.4, 0.5) is 0 Å². The van der Waals surface area contributed by atoms with Gasteiger partial charge in [-0.1, -0.05) is 26.8 Å². The molecular weight excluding hydrogens is 358 g/mol. The van der Waals surface area contributed by atoms with Gasteiger partial charge in [0.1, 0.15) is 6.04 Å². The van der Waals surface area contributed by atoms with Crippen molar-refractivity contribution in [2.45, 2.75) is 33.7 Å². The number of ketones is 1. The maximum Gasteiger partial charge on any atom is 0.327 e. The highest BCUT2D eigenvalue weighted by Crippen LogP contribution is 2.36. The van der Waals surface area contributed by atoms with Crippen LogP contribution in [0.15, 0.2) is 36.8 Å². The molecule has 0 bridgehead atoms. The Kier molecular flexibility index (Phi) is 4.93. The fourth-order valence-electron chi connectivity index (χ4n) is 3.41. The first-order valence-electron chi connectivity index (χ1n) is 8.88. The van der Waals surface area contributed by atoms with Crippen molar-refractivity contribution < 1.29 is 19.4 Å². The summed E-state index contributed by atoms with van der Waals surface area (Å²) in [6.07, 6.45) is 4.94. The first-order valence-corrected chi connectivity index (χ1v) is 8.88. The number of Topliss-reactive ketones (excluding diaryl/α,β-unsaturated/α-hetero) is 1. The molecule has 0 saturated heterocycles. The minimum atomic E-state index is -0.938. The molecule has 0 aliphatic rings. The second-order valence-corrected chi connectivity index (χ2v) is 7.80. The summed E-state index contributed by atoms with van der Waals surface area (Å²) in [5, 5.41) is 10.5. The van der Waals surface area contributed by atoms with Crippen LogP contribution in [0, 0.1) is 5.41 Å². The number of methoxy groups -OCH3 is 1. The van der Waals surface area contributed by atoms with Crippen LogP contribution in [-0.4, -0.2) is 38.5 Å². The highest BCUT2D eigenvalue weighted by Gasteiger charge is 2.34. The largest absolute Gasteiger partial charge is 0.480 e. The average molecular weight is 381 g/mol. The quantitative estimate of drug-likeness (QED) is 0.672. The molecule has 1 atom stereocenters. The van der Waals surface area contributed by atoms with Crippen molar-refractivity contribution in [2.75, 3.05) is 7.11 Å². The fraction of sp³-hybridized carbons (Fsp3) is 0.333. The molecule has 0 saturated carbocycles. The van der Waals surface area contributed by atoms with Crippen molar-refractivity contribution in [3.8, 4) is 17.1 Å². The van der Waals surface area contributed by atoms with E-state index in [0.29, 0.717) is 16.5 Å². The number of carboxylic acid groups (broad SMARTS) is 1. The predicted molar refractivity (Wildman–Crippen MR) is 106 cm³/mol. The molecule has 7 nitrogen and oxygen atoms in total. The normalized spacial score (nSPS) is 12.8. The number of hydrogen-bond acceptors (Lipinski definition) is 5. The molecule has 0 fully saturated rings. The SMILES string of the molecule is COc1ncc(-c2ccc3c(c2)c(C(C)=O)cn3C(C(=O)O)C(C)(C)C)cn1. The number of fused-ring (bicyclic) bond motifs is 1. The van der Waals surface area contributed by atoms with E-state index in [1.165, 1.54) is 14.0 Å². The molecule has 1 aromatic carbocycles. The van der Waals surface area contributed by atoms with Gasteiger partial charge in [-0.05, 0) is 30.0 Å². The van der Waals surface area contributed by atoms with Gasteiger partial charge in [0.05, 0.1) is 7.11 Å². The molecule has 3 rings (SSSR count). The molecule has 2 heterocycles. The third-order valence-corrected chi connectivity index (χ3v) is 4.69. The van der Waals surface area contributed by atoms with E-state index in [2.05, 4.69) is 9.97 Å². The zero-order chi connectivity index (χ0) is 20.6. The molecule has 0 radical (unpaired) electrons. The third-order valence-electron chi connectivity index (χ3n) is 4.69. The maximum absolute atomic E-state index is 12.2. The Hall–Kier alpha value is -3.22. The van der Waals surface area contributed by atoms with Crippen LogP contribution >= 0.6 is 0 Å². The van der Waals surface area contributed by atoms with Crippen LogP contribution in [0.25, 0.3) is 22.0 Å². The Morgan fingerprint density at radius 2 is 1.79 bits per heavy atom. The van der Waals surface area contributed by atoms with Crippen molar-refractivity contribution in [3.05, 3.63) is 42.4 Å². The summed E-state index contributed by atoms with van der Waals surface area (Å²) in [4.78, 5) is 32.5. The smallest absolute Gasteiger partial charge is 0.327 e. The molecule has 3 aromatic rings. The van der Waals surface area contributed by atoms with Crippen molar-refractivity contribution >= 4 is 22.7 Å². The van der Waals surface area contributed by atoms with E-state index < -0.39 is 17.4 Å². The molecule has 7 heteroatoms. The summed E-state index contributed by atoms with van der Waals surface area (Å²) in [5.74, 6) is -1.06. The number of carboxylic acids is 1. The van der Waals surface area contributed by atoms with Gasteiger partial charge in [-0.15, -0.1) is 0 Å². The molecule has 28 heavy (non-hydrogen) atoms. The summed E-state index contributed by atoms with van der Waals surface area (Å²) in [6, 6.07) is 5.04. The predicted octanol–water partition coefficient (Wildman–Crippen LogP) is 3.98. The lowest BCUT2D eigenvalue weighted by molar-refractivity contribution is -0.144. The number of aliphatic carboxylic acids is 1. The highest BCUT2D eigenvalue weighted by atomic mass is 16.5. The number of nitrogens with zero attached hydrogens (tertiary/aromatic N) is 3. The third kappa shape index (κ3) is 3.47. The molecule has 0 spiro atoms. The van der Waals surface area contributed by atoms with E-state index in [0.717, 1.165) is 11.1 Å². The molecule has 1 N–H and O–H groups in total. The van der Waals surface area contributed by atoms with Gasteiger partial charge in [0.15, 0.2) is 5.78 Å². The van der Waals surface area contributed by atoms with Crippen molar-refractivity contribution in [2.24, 2.45) is 5.41 Å². The molecule has 0 aliphatic carbocycles. The van der Waals surface area contributed by atoms with Crippen LogP contribution in [-0.2, 0) is 4.79 Å². The monoisotopic (exact) mass is 381 g/mol. The Labute approximate surface area is 163 Å². The average Bonchev–Trinajstić information content (AvgIpc) is 2.99. The standard InChI is InChI=1S/C21H23N3O4/c1-12(25)16-11-24(18(19(26)27)21(2,3)4)17-7-6-13(8-15(16)17)14-9-22-20(28-5)23-10-14/h6-11,18H,1-5H3,(H,26,27). The van der Waals surface area contributed by atoms with E-state index in [4.69, 9.17) is 4.74 Å². The Balaban J connectivity index is 2.21. The summed E-state index contributed by atoms with van der Waals surface area (Å²) in [7, 11) is 1.50. The molecular formula is C21H23N3O4. The lowest BCUT2D eigenvalue weighted by atomic mass is 9.86. The number of hydrogen-bond donors (Lipinski definition) is 1. The van der Waals surface area contributed by atoms with Crippen molar-refractivity contribution in [3.63, 3.8) is 0 Å². The molecule has 0 aliphatic heterocycles. The molecule has 2 aromatic heterocycles. The zero-order valence-electron chi connectivity index (χ0n) is 16.6. The van der Waals surface area contributed by atoms with Crippen LogP contribution in [0.5, 0.6) is 6.01 Å². The minimum Gasteiger partial charge on any atom is -0.480 e. The highest BCUT2D eigenvalue weighted by molar-refractivity contribution is 6.08. The van der Waals surface area contributed by atoms with E-state index in [1.54, 1.807) is 23.2 Å².